The highest BCUT2D eigenvalue weighted by atomic mass is 32.2. The fourth-order valence-corrected chi connectivity index (χ4v) is 3.31. The summed E-state index contributed by atoms with van der Waals surface area (Å²) in [4.78, 5) is 18.7. The van der Waals surface area contributed by atoms with E-state index < -0.39 is 5.54 Å². The van der Waals surface area contributed by atoms with Gasteiger partial charge in [-0.1, -0.05) is 23.9 Å². The average molecular weight is 276 g/mol. The molecule has 5 heteroatoms. The molecule has 1 heterocycles. The van der Waals surface area contributed by atoms with Crippen LogP contribution in [0.25, 0.3) is 0 Å². The van der Waals surface area contributed by atoms with E-state index in [-0.39, 0.29) is 11.8 Å². The maximum absolute atomic E-state index is 12.3. The molecule has 1 fully saturated rings. The van der Waals surface area contributed by atoms with E-state index in [1.54, 1.807) is 19.1 Å². The molecule has 2 aliphatic rings. The number of carbonyl (C=O) groups is 1. The van der Waals surface area contributed by atoms with Crippen LogP contribution in [-0.4, -0.2) is 41.9 Å². The van der Waals surface area contributed by atoms with Crippen molar-refractivity contribution >= 4 is 22.8 Å². The number of likely N-dealkylation sites (N-methyl/N-ethyl adjacent to an activating group) is 1. The summed E-state index contributed by atoms with van der Waals surface area (Å²) < 4.78 is 5.15. The van der Waals surface area contributed by atoms with E-state index in [9.17, 15) is 4.79 Å². The second-order valence-electron chi connectivity index (χ2n) is 4.92. The minimum Gasteiger partial charge on any atom is -0.497 e. The molecule has 100 valence electrons. The predicted molar refractivity (Wildman–Crippen MR) is 76.8 cm³/mol. The van der Waals surface area contributed by atoms with Crippen molar-refractivity contribution in [3.63, 3.8) is 0 Å². The number of hydrogen-bond acceptors (Lipinski definition) is 4. The number of carbonyl (C=O) groups excluding carboxylic acids is 1. The van der Waals surface area contributed by atoms with Gasteiger partial charge >= 0.3 is 0 Å². The van der Waals surface area contributed by atoms with Gasteiger partial charge in [0.2, 0.25) is 0 Å². The van der Waals surface area contributed by atoms with E-state index in [2.05, 4.69) is 4.99 Å². The van der Waals surface area contributed by atoms with Gasteiger partial charge in [0.25, 0.3) is 5.91 Å². The molecule has 1 saturated carbocycles. The molecule has 2 atom stereocenters. The van der Waals surface area contributed by atoms with E-state index >= 15 is 0 Å². The topological polar surface area (TPSA) is 41.9 Å². The summed E-state index contributed by atoms with van der Waals surface area (Å²) in [6.07, 6.45) is 2.76. The van der Waals surface area contributed by atoms with Gasteiger partial charge in [0.1, 0.15) is 11.3 Å². The van der Waals surface area contributed by atoms with Gasteiger partial charge in [0.15, 0.2) is 5.17 Å². The van der Waals surface area contributed by atoms with E-state index in [1.807, 2.05) is 30.5 Å². The number of methoxy groups -OCH3 is 1. The molecule has 1 aliphatic carbocycles. The van der Waals surface area contributed by atoms with Gasteiger partial charge in [-0.15, -0.1) is 0 Å². The molecule has 1 aromatic carbocycles. The van der Waals surface area contributed by atoms with Crippen LogP contribution in [0.5, 0.6) is 5.75 Å². The quantitative estimate of drug-likeness (QED) is 0.831. The third kappa shape index (κ3) is 1.75. The molecular formula is C14H16N2O2S. The molecular weight excluding hydrogens is 260 g/mol. The molecule has 0 aromatic heterocycles. The molecule has 3 rings (SSSR count). The molecule has 0 saturated heterocycles. The summed E-state index contributed by atoms with van der Waals surface area (Å²) >= 11 is 1.52. The van der Waals surface area contributed by atoms with Crippen molar-refractivity contribution in [1.29, 1.82) is 0 Å². The molecule has 1 aliphatic heterocycles. The minimum absolute atomic E-state index is 0.123. The molecule has 19 heavy (non-hydrogen) atoms. The first-order valence-electron chi connectivity index (χ1n) is 6.18. The number of thioether (sulfide) groups is 1. The third-order valence-electron chi connectivity index (χ3n) is 3.89. The Kier molecular flexibility index (Phi) is 2.82. The van der Waals surface area contributed by atoms with E-state index in [0.29, 0.717) is 0 Å². The van der Waals surface area contributed by atoms with Crippen LogP contribution in [-0.2, 0) is 4.79 Å². The van der Waals surface area contributed by atoms with Crippen LogP contribution in [0.4, 0.5) is 0 Å². The van der Waals surface area contributed by atoms with Gasteiger partial charge in [0, 0.05) is 13.0 Å². The van der Waals surface area contributed by atoms with Crippen molar-refractivity contribution in [2.24, 2.45) is 4.99 Å². The Morgan fingerprint density at radius 3 is 2.63 bits per heavy atom. The van der Waals surface area contributed by atoms with Gasteiger partial charge in [-0.3, -0.25) is 9.69 Å². The van der Waals surface area contributed by atoms with E-state index in [1.165, 1.54) is 11.8 Å². The molecule has 1 aromatic rings. The number of benzene rings is 1. The van der Waals surface area contributed by atoms with Crippen LogP contribution < -0.4 is 4.74 Å². The smallest absolute Gasteiger partial charge is 0.256 e. The molecule has 0 N–H and O–H groups in total. The zero-order valence-corrected chi connectivity index (χ0v) is 12.0. The van der Waals surface area contributed by atoms with Gasteiger partial charge in [0.05, 0.1) is 7.11 Å². The Labute approximate surface area is 116 Å². The molecule has 0 bridgehead atoms. The zero-order valence-electron chi connectivity index (χ0n) is 11.2. The Balaban J connectivity index is 1.87. The van der Waals surface area contributed by atoms with Crippen molar-refractivity contribution in [2.75, 3.05) is 20.4 Å². The van der Waals surface area contributed by atoms with Crippen LogP contribution in [0.15, 0.2) is 29.3 Å². The van der Waals surface area contributed by atoms with Crippen LogP contribution in [0.3, 0.4) is 0 Å². The van der Waals surface area contributed by atoms with Crippen molar-refractivity contribution < 1.29 is 9.53 Å². The van der Waals surface area contributed by atoms with Crippen LogP contribution >= 0.6 is 11.8 Å². The SMILES string of the molecule is COc1ccc([C@H]2C[C@@]23N=C(SC)N(C)C3=O)cc1. The highest BCUT2D eigenvalue weighted by Gasteiger charge is 2.65. The lowest BCUT2D eigenvalue weighted by Crippen LogP contribution is -2.32. The second kappa shape index (κ2) is 4.27. The van der Waals surface area contributed by atoms with Crippen molar-refractivity contribution in [1.82, 2.24) is 4.90 Å². The first kappa shape index (κ1) is 12.5. The average Bonchev–Trinajstić information content (AvgIpc) is 3.13. The maximum atomic E-state index is 12.3. The molecule has 1 spiro atoms. The van der Waals surface area contributed by atoms with Crippen molar-refractivity contribution in [3.8, 4) is 5.75 Å². The molecule has 1 amide bonds. The minimum atomic E-state index is -0.526. The van der Waals surface area contributed by atoms with Crippen molar-refractivity contribution in [3.05, 3.63) is 29.8 Å². The lowest BCUT2D eigenvalue weighted by Gasteiger charge is -2.11. The summed E-state index contributed by atoms with van der Waals surface area (Å²) in [5.74, 6) is 1.16. The number of amides is 1. The third-order valence-corrected chi connectivity index (χ3v) is 4.62. The van der Waals surface area contributed by atoms with Gasteiger partial charge < -0.3 is 4.74 Å². The first-order valence-corrected chi connectivity index (χ1v) is 7.41. The highest BCUT2D eigenvalue weighted by molar-refractivity contribution is 8.13. The fourth-order valence-electron chi connectivity index (χ4n) is 2.70. The Bertz CT molecular complexity index is 555. The number of amidine groups is 1. The van der Waals surface area contributed by atoms with E-state index in [0.717, 1.165) is 22.9 Å². The molecule has 0 unspecified atom stereocenters. The lowest BCUT2D eigenvalue weighted by molar-refractivity contribution is -0.127. The Morgan fingerprint density at radius 1 is 1.42 bits per heavy atom. The summed E-state index contributed by atoms with van der Waals surface area (Å²) in [6.45, 7) is 0. The normalized spacial score (nSPS) is 28.8. The largest absolute Gasteiger partial charge is 0.497 e. The standard InChI is InChI=1S/C14H16N2O2S/c1-16-12(17)14(15-13(16)19-3)8-11(14)9-4-6-10(18-2)7-5-9/h4-7,11H,8H2,1-3H3/t11-,14-/m1/s1. The monoisotopic (exact) mass is 276 g/mol. The zero-order chi connectivity index (χ0) is 13.6. The number of aliphatic imine (C=N–C) groups is 1. The number of rotatable bonds is 2. The van der Waals surface area contributed by atoms with Gasteiger partial charge in [-0.25, -0.2) is 4.99 Å². The number of nitrogens with zero attached hydrogens (tertiary/aromatic N) is 2. The number of ether oxygens (including phenoxy) is 1. The van der Waals surface area contributed by atoms with Crippen LogP contribution in [0.1, 0.15) is 17.9 Å². The lowest BCUT2D eigenvalue weighted by atomic mass is 10.1. The maximum Gasteiger partial charge on any atom is 0.256 e. The fraction of sp³-hybridized carbons (Fsp3) is 0.429. The predicted octanol–water partition coefficient (Wildman–Crippen LogP) is 2.11. The molecule has 4 nitrogen and oxygen atoms in total. The van der Waals surface area contributed by atoms with Crippen molar-refractivity contribution in [2.45, 2.75) is 17.9 Å². The van der Waals surface area contributed by atoms with Gasteiger partial charge in [-0.05, 0) is 30.4 Å². The number of hydrogen-bond donors (Lipinski definition) is 0. The molecule has 0 radical (unpaired) electrons. The summed E-state index contributed by atoms with van der Waals surface area (Å²) in [5.41, 5.74) is 0.635. The highest BCUT2D eigenvalue weighted by Crippen LogP contribution is 2.58. The van der Waals surface area contributed by atoms with Gasteiger partial charge in [-0.2, -0.15) is 0 Å². The Morgan fingerprint density at radius 2 is 2.11 bits per heavy atom. The van der Waals surface area contributed by atoms with Crippen LogP contribution in [0.2, 0.25) is 0 Å². The summed E-state index contributed by atoms with van der Waals surface area (Å²) in [7, 11) is 3.45. The first-order chi connectivity index (χ1) is 9.12. The second-order valence-corrected chi connectivity index (χ2v) is 5.69. The van der Waals surface area contributed by atoms with E-state index in [4.69, 9.17) is 4.74 Å². The van der Waals surface area contributed by atoms with Crippen LogP contribution in [0, 0.1) is 0 Å². The summed E-state index contributed by atoms with van der Waals surface area (Å²) in [6, 6.07) is 7.92. The summed E-state index contributed by atoms with van der Waals surface area (Å²) in [5, 5.41) is 0.820. The Hall–Kier alpha value is -1.49.